The summed E-state index contributed by atoms with van der Waals surface area (Å²) in [6.45, 7) is 5.71. The maximum Gasteiger partial charge on any atom is 0.315 e. The highest BCUT2D eigenvalue weighted by Crippen LogP contribution is 2.40. The van der Waals surface area contributed by atoms with Gasteiger partial charge in [0.05, 0.1) is 12.2 Å². The molecule has 1 saturated carbocycles. The van der Waals surface area contributed by atoms with Crippen LogP contribution in [0.25, 0.3) is 0 Å². The summed E-state index contributed by atoms with van der Waals surface area (Å²) in [5.41, 5.74) is 0. The van der Waals surface area contributed by atoms with Crippen molar-refractivity contribution in [2.45, 2.75) is 95.4 Å². The molecule has 3 aliphatic heterocycles. The average Bonchev–Trinajstić information content (AvgIpc) is 3.26. The van der Waals surface area contributed by atoms with E-state index >= 15 is 0 Å². The molecule has 4 aliphatic rings. The highest BCUT2D eigenvalue weighted by molar-refractivity contribution is 5.74. The van der Waals surface area contributed by atoms with E-state index in [0.29, 0.717) is 24.2 Å². The summed E-state index contributed by atoms with van der Waals surface area (Å²) in [4.78, 5) is 14.9. The molecule has 3 unspecified atom stereocenters. The fourth-order valence-corrected chi connectivity index (χ4v) is 5.63. The molecule has 5 heteroatoms. The Morgan fingerprint density at radius 2 is 1.81 bits per heavy atom. The van der Waals surface area contributed by atoms with Crippen LogP contribution < -0.4 is 10.6 Å². The third-order valence-corrected chi connectivity index (χ3v) is 7.40. The molecule has 3 saturated heterocycles. The van der Waals surface area contributed by atoms with Crippen LogP contribution in [0.3, 0.4) is 0 Å². The van der Waals surface area contributed by atoms with Gasteiger partial charge in [0, 0.05) is 18.6 Å². The number of amides is 2. The zero-order chi connectivity index (χ0) is 17.9. The number of ether oxygens (including phenoxy) is 1. The zero-order valence-corrected chi connectivity index (χ0v) is 16.4. The van der Waals surface area contributed by atoms with Crippen LogP contribution in [-0.4, -0.2) is 54.9 Å². The molecule has 2 bridgehead atoms. The van der Waals surface area contributed by atoms with Crippen molar-refractivity contribution < 1.29 is 9.53 Å². The first-order valence-electron chi connectivity index (χ1n) is 11.1. The molecule has 2 amide bonds. The van der Waals surface area contributed by atoms with E-state index in [1.807, 2.05) is 0 Å². The smallest absolute Gasteiger partial charge is 0.315 e. The Bertz CT molecular complexity index is 470. The predicted molar refractivity (Wildman–Crippen MR) is 103 cm³/mol. The minimum Gasteiger partial charge on any atom is -0.375 e. The lowest BCUT2D eigenvalue weighted by Crippen LogP contribution is -2.48. The first-order valence-corrected chi connectivity index (χ1v) is 11.1. The van der Waals surface area contributed by atoms with Crippen molar-refractivity contribution in [3.8, 4) is 0 Å². The summed E-state index contributed by atoms with van der Waals surface area (Å²) in [7, 11) is 0. The number of piperidine rings is 1. The summed E-state index contributed by atoms with van der Waals surface area (Å²) in [5, 5.41) is 6.29. The van der Waals surface area contributed by atoms with Crippen LogP contribution >= 0.6 is 0 Å². The minimum atomic E-state index is 0.0318. The van der Waals surface area contributed by atoms with Crippen LogP contribution in [0.15, 0.2) is 0 Å². The molecule has 0 radical (unpaired) electrons. The van der Waals surface area contributed by atoms with E-state index < -0.39 is 0 Å². The van der Waals surface area contributed by atoms with E-state index in [0.717, 1.165) is 37.8 Å². The summed E-state index contributed by atoms with van der Waals surface area (Å²) < 4.78 is 5.90. The number of fused-ring (bicyclic) bond motifs is 2. The number of nitrogens with zero attached hydrogens (tertiary/aromatic N) is 1. The van der Waals surface area contributed by atoms with Crippen LogP contribution in [0.2, 0.25) is 0 Å². The SMILES string of the molecule is CC1CCN(C2CCC(NC(=O)NCCC3CC4CCC3O4)CC2)CC1. The minimum absolute atomic E-state index is 0.0318. The van der Waals surface area contributed by atoms with E-state index in [2.05, 4.69) is 22.5 Å². The van der Waals surface area contributed by atoms with Crippen LogP contribution in [-0.2, 0) is 4.74 Å². The Morgan fingerprint density at radius 3 is 2.46 bits per heavy atom. The van der Waals surface area contributed by atoms with Gasteiger partial charge in [-0.15, -0.1) is 0 Å². The third kappa shape index (κ3) is 4.53. The number of carbonyl (C=O) groups excluding carboxylic acids is 1. The highest BCUT2D eigenvalue weighted by atomic mass is 16.5. The molecule has 0 spiro atoms. The second kappa shape index (κ2) is 8.47. The molecule has 5 nitrogen and oxygen atoms in total. The lowest BCUT2D eigenvalue weighted by molar-refractivity contribution is 0.0913. The monoisotopic (exact) mass is 363 g/mol. The number of nitrogens with one attached hydrogen (secondary N) is 2. The van der Waals surface area contributed by atoms with Gasteiger partial charge in [-0.25, -0.2) is 4.79 Å². The Morgan fingerprint density at radius 1 is 1.04 bits per heavy atom. The zero-order valence-electron chi connectivity index (χ0n) is 16.4. The van der Waals surface area contributed by atoms with Crippen LogP contribution in [0.4, 0.5) is 4.79 Å². The molecular formula is C21H37N3O2. The standard InChI is InChI=1S/C21H37N3O2/c1-15-9-12-24(13-10-15)18-4-2-17(3-5-18)23-21(25)22-11-8-16-14-19-6-7-20(16)26-19/h15-20H,2-14H2,1H3,(H2,22,23,25). The van der Waals surface area contributed by atoms with Crippen LogP contribution in [0.5, 0.6) is 0 Å². The maximum atomic E-state index is 12.2. The first-order chi connectivity index (χ1) is 12.7. The second-order valence-corrected chi connectivity index (χ2v) is 9.28. The van der Waals surface area contributed by atoms with Gasteiger partial charge in [0.2, 0.25) is 0 Å². The van der Waals surface area contributed by atoms with Crippen LogP contribution in [0, 0.1) is 11.8 Å². The van der Waals surface area contributed by atoms with Crippen molar-refractivity contribution in [1.82, 2.24) is 15.5 Å². The Hall–Kier alpha value is -0.810. The van der Waals surface area contributed by atoms with Gasteiger partial charge in [-0.1, -0.05) is 6.92 Å². The lowest BCUT2D eigenvalue weighted by atomic mass is 9.87. The predicted octanol–water partition coefficient (Wildman–Crippen LogP) is 3.29. The van der Waals surface area contributed by atoms with Crippen molar-refractivity contribution in [2.75, 3.05) is 19.6 Å². The van der Waals surface area contributed by atoms with Gasteiger partial charge < -0.3 is 20.3 Å². The van der Waals surface area contributed by atoms with E-state index in [1.54, 1.807) is 0 Å². The number of carbonyl (C=O) groups is 1. The summed E-state index contributed by atoms with van der Waals surface area (Å²) in [6, 6.07) is 1.14. The Labute approximate surface area is 158 Å². The van der Waals surface area contributed by atoms with Crippen molar-refractivity contribution in [3.63, 3.8) is 0 Å². The molecular weight excluding hydrogens is 326 g/mol. The van der Waals surface area contributed by atoms with Gasteiger partial charge in [-0.2, -0.15) is 0 Å². The Kier molecular flexibility index (Phi) is 6.04. The number of rotatable bonds is 5. The molecule has 148 valence electrons. The number of hydrogen-bond acceptors (Lipinski definition) is 3. The van der Waals surface area contributed by atoms with Gasteiger partial charge in [0.25, 0.3) is 0 Å². The van der Waals surface area contributed by atoms with Gasteiger partial charge >= 0.3 is 6.03 Å². The van der Waals surface area contributed by atoms with E-state index in [9.17, 15) is 4.79 Å². The van der Waals surface area contributed by atoms with Crippen molar-refractivity contribution in [1.29, 1.82) is 0 Å². The summed E-state index contributed by atoms with van der Waals surface area (Å²) in [6.07, 6.45) is 13.2. The fraction of sp³-hybridized carbons (Fsp3) is 0.952. The Balaban J connectivity index is 1.09. The van der Waals surface area contributed by atoms with E-state index in [4.69, 9.17) is 4.74 Å². The topological polar surface area (TPSA) is 53.6 Å². The molecule has 4 rings (SSSR count). The van der Waals surface area contributed by atoms with Crippen molar-refractivity contribution in [2.24, 2.45) is 11.8 Å². The third-order valence-electron chi connectivity index (χ3n) is 7.40. The number of urea groups is 1. The molecule has 3 atom stereocenters. The quantitative estimate of drug-likeness (QED) is 0.788. The van der Waals surface area contributed by atoms with E-state index in [-0.39, 0.29) is 6.03 Å². The molecule has 26 heavy (non-hydrogen) atoms. The largest absolute Gasteiger partial charge is 0.375 e. The molecule has 4 fully saturated rings. The molecule has 3 heterocycles. The fourth-order valence-electron chi connectivity index (χ4n) is 5.63. The maximum absolute atomic E-state index is 12.2. The molecule has 0 aromatic carbocycles. The summed E-state index contributed by atoms with van der Waals surface area (Å²) in [5.74, 6) is 1.57. The molecule has 0 aromatic rings. The lowest BCUT2D eigenvalue weighted by Gasteiger charge is -2.40. The number of hydrogen-bond donors (Lipinski definition) is 2. The molecule has 2 N–H and O–H groups in total. The van der Waals surface area contributed by atoms with Gasteiger partial charge in [-0.05, 0) is 89.1 Å². The number of likely N-dealkylation sites (tertiary alicyclic amines) is 1. The van der Waals surface area contributed by atoms with E-state index in [1.165, 1.54) is 58.0 Å². The van der Waals surface area contributed by atoms with Gasteiger partial charge in [0.1, 0.15) is 0 Å². The normalized spacial score (nSPS) is 38.4. The second-order valence-electron chi connectivity index (χ2n) is 9.28. The highest BCUT2D eigenvalue weighted by Gasteiger charge is 2.40. The van der Waals surface area contributed by atoms with Crippen molar-refractivity contribution >= 4 is 6.03 Å². The molecule has 1 aliphatic carbocycles. The molecule has 0 aromatic heterocycles. The van der Waals surface area contributed by atoms with Gasteiger partial charge in [-0.3, -0.25) is 0 Å². The van der Waals surface area contributed by atoms with Gasteiger partial charge in [0.15, 0.2) is 0 Å². The van der Waals surface area contributed by atoms with Crippen molar-refractivity contribution in [3.05, 3.63) is 0 Å². The average molecular weight is 364 g/mol. The van der Waals surface area contributed by atoms with Crippen LogP contribution in [0.1, 0.15) is 71.1 Å². The first kappa shape index (κ1) is 18.5. The summed E-state index contributed by atoms with van der Waals surface area (Å²) >= 11 is 0.